The minimum Gasteiger partial charge on any atom is -0.453 e. The van der Waals surface area contributed by atoms with Crippen LogP contribution >= 0.6 is 0 Å². The molecule has 4 rings (SSSR count). The van der Waals surface area contributed by atoms with Gasteiger partial charge in [0.05, 0.1) is 7.11 Å². The average Bonchev–Trinajstić information content (AvgIpc) is 3.03. The third kappa shape index (κ3) is 3.70. The smallest absolute Gasteiger partial charge is 0.453 e. The third-order valence-corrected chi connectivity index (χ3v) is 6.92. The topological polar surface area (TPSA) is 67.9 Å². The van der Waals surface area contributed by atoms with Crippen molar-refractivity contribution in [1.82, 2.24) is 10.2 Å². The van der Waals surface area contributed by atoms with Gasteiger partial charge < -0.3 is 19.7 Å². The molecule has 1 aromatic carbocycles. The second kappa shape index (κ2) is 6.78. The van der Waals surface area contributed by atoms with Crippen molar-refractivity contribution in [1.29, 1.82) is 0 Å². The molecule has 1 aliphatic heterocycles. The lowest BCUT2D eigenvalue weighted by Gasteiger charge is -2.45. The van der Waals surface area contributed by atoms with Gasteiger partial charge in [-0.2, -0.15) is 0 Å². The van der Waals surface area contributed by atoms with E-state index in [0.29, 0.717) is 31.8 Å². The minimum absolute atomic E-state index is 0.0562. The van der Waals surface area contributed by atoms with Gasteiger partial charge in [-0.15, -0.1) is 13.2 Å². The maximum absolute atomic E-state index is 12.9. The van der Waals surface area contributed by atoms with E-state index >= 15 is 0 Å². The highest BCUT2D eigenvalue weighted by molar-refractivity contribution is 5.81. The first kappa shape index (κ1) is 20.8. The number of ether oxygens (including phenoxy) is 2. The van der Waals surface area contributed by atoms with Crippen molar-refractivity contribution in [3.8, 4) is 5.75 Å². The highest BCUT2D eigenvalue weighted by Crippen LogP contribution is 2.68. The Hall–Kier alpha value is -2.45. The van der Waals surface area contributed by atoms with E-state index in [0.717, 1.165) is 5.56 Å². The van der Waals surface area contributed by atoms with Crippen LogP contribution in [0.4, 0.5) is 18.0 Å². The number of hydrogen-bond donors (Lipinski definition) is 1. The summed E-state index contributed by atoms with van der Waals surface area (Å²) in [5, 5.41) is 2.78. The number of rotatable bonds is 4. The van der Waals surface area contributed by atoms with Gasteiger partial charge in [0, 0.05) is 24.5 Å². The molecule has 6 nitrogen and oxygen atoms in total. The molecule has 3 aliphatic rings. The summed E-state index contributed by atoms with van der Waals surface area (Å²) in [6, 6.07) is 6.04. The van der Waals surface area contributed by atoms with Gasteiger partial charge in [-0.3, -0.25) is 4.79 Å². The molecule has 2 aliphatic carbocycles. The van der Waals surface area contributed by atoms with E-state index in [1.807, 2.05) is 11.8 Å². The fourth-order valence-electron chi connectivity index (χ4n) is 5.42. The number of nitrogens with zero attached hydrogens (tertiary/aromatic N) is 1. The summed E-state index contributed by atoms with van der Waals surface area (Å²) in [5.41, 5.74) is 0.505. The number of carbonyl (C=O) groups excluding carboxylic acids is 2. The standard InChI is InChI=1S/C21H25F3N2O4/c1-19(25-18(28)29-3)8-13(9-19)17(27)26-10-15-16(20(15,2)11-26)12-4-6-14(7-5-12)30-21(22,23)24/h4-7,13,15-16H,8-11H2,1-3H3,(H,25,28)/t13?,15-,16-,19?,20-/m0/s1. The van der Waals surface area contributed by atoms with Gasteiger partial charge in [0.1, 0.15) is 5.75 Å². The Balaban J connectivity index is 1.31. The molecule has 164 valence electrons. The molecule has 2 amide bonds. The maximum atomic E-state index is 12.9. The van der Waals surface area contributed by atoms with Crippen LogP contribution in [0.1, 0.15) is 38.2 Å². The van der Waals surface area contributed by atoms with Crippen LogP contribution in [0.3, 0.4) is 0 Å². The lowest BCUT2D eigenvalue weighted by Crippen LogP contribution is -2.58. The SMILES string of the molecule is COC(=O)NC1(C)CC(C(=O)N2C[C@H]3[C@H](c4ccc(OC(F)(F)F)cc4)[C@@]3(C)C2)C1. The number of alkyl halides is 3. The molecule has 1 N–H and O–H groups in total. The molecule has 0 radical (unpaired) electrons. The van der Waals surface area contributed by atoms with Crippen molar-refractivity contribution in [2.75, 3.05) is 20.2 Å². The van der Waals surface area contributed by atoms with Crippen LogP contribution in [0.15, 0.2) is 24.3 Å². The number of benzene rings is 1. The summed E-state index contributed by atoms with van der Waals surface area (Å²) in [7, 11) is 1.31. The number of hydrogen-bond acceptors (Lipinski definition) is 4. The second-order valence-corrected chi connectivity index (χ2v) is 9.21. The number of fused-ring (bicyclic) bond motifs is 1. The van der Waals surface area contributed by atoms with Crippen LogP contribution in [-0.2, 0) is 9.53 Å². The largest absolute Gasteiger partial charge is 0.573 e. The molecule has 1 heterocycles. The first-order valence-electron chi connectivity index (χ1n) is 9.95. The Bertz CT molecular complexity index is 851. The number of carbonyl (C=O) groups is 2. The molecule has 0 bridgehead atoms. The monoisotopic (exact) mass is 426 g/mol. The Labute approximate surface area is 172 Å². The highest BCUT2D eigenvalue weighted by atomic mass is 19.4. The first-order valence-corrected chi connectivity index (χ1v) is 9.95. The van der Waals surface area contributed by atoms with Crippen LogP contribution in [0.25, 0.3) is 0 Å². The lowest BCUT2D eigenvalue weighted by atomic mass is 9.69. The Morgan fingerprint density at radius 1 is 1.17 bits per heavy atom. The molecular formula is C21H25F3N2O4. The van der Waals surface area contributed by atoms with Crippen molar-refractivity contribution in [2.45, 2.75) is 44.5 Å². The quantitative estimate of drug-likeness (QED) is 0.798. The van der Waals surface area contributed by atoms with E-state index in [4.69, 9.17) is 0 Å². The summed E-state index contributed by atoms with van der Waals surface area (Å²) >= 11 is 0. The number of alkyl carbamates (subject to hydrolysis) is 1. The van der Waals surface area contributed by atoms with Crippen molar-refractivity contribution in [3.63, 3.8) is 0 Å². The van der Waals surface area contributed by atoms with Crippen LogP contribution in [0, 0.1) is 17.3 Å². The fourth-order valence-corrected chi connectivity index (χ4v) is 5.42. The summed E-state index contributed by atoms with van der Waals surface area (Å²) in [5.74, 6) is 0.308. The van der Waals surface area contributed by atoms with Gasteiger partial charge in [0.2, 0.25) is 5.91 Å². The van der Waals surface area contributed by atoms with Crippen LogP contribution in [0.5, 0.6) is 5.75 Å². The second-order valence-electron chi connectivity index (χ2n) is 9.21. The van der Waals surface area contributed by atoms with E-state index in [1.165, 1.54) is 19.2 Å². The molecular weight excluding hydrogens is 401 g/mol. The number of likely N-dealkylation sites (tertiary alicyclic amines) is 1. The molecule has 3 fully saturated rings. The molecule has 0 aromatic heterocycles. The molecule has 3 atom stereocenters. The number of methoxy groups -OCH3 is 1. The molecule has 2 saturated carbocycles. The highest BCUT2D eigenvalue weighted by Gasteiger charge is 2.67. The van der Waals surface area contributed by atoms with Gasteiger partial charge in [-0.05, 0) is 54.7 Å². The Kier molecular flexibility index (Phi) is 4.70. The van der Waals surface area contributed by atoms with Crippen molar-refractivity contribution in [3.05, 3.63) is 29.8 Å². The van der Waals surface area contributed by atoms with E-state index in [9.17, 15) is 22.8 Å². The zero-order valence-corrected chi connectivity index (χ0v) is 17.1. The van der Waals surface area contributed by atoms with Gasteiger partial charge in [-0.1, -0.05) is 19.1 Å². The van der Waals surface area contributed by atoms with Gasteiger partial charge in [0.25, 0.3) is 0 Å². The van der Waals surface area contributed by atoms with Crippen molar-refractivity contribution in [2.24, 2.45) is 17.3 Å². The third-order valence-electron chi connectivity index (χ3n) is 6.92. The number of nitrogens with one attached hydrogen (secondary N) is 1. The van der Waals surface area contributed by atoms with Crippen LogP contribution in [0.2, 0.25) is 0 Å². The van der Waals surface area contributed by atoms with Gasteiger partial charge in [-0.25, -0.2) is 4.79 Å². The van der Waals surface area contributed by atoms with Crippen molar-refractivity contribution >= 4 is 12.0 Å². The summed E-state index contributed by atoms with van der Waals surface area (Å²) in [6.07, 6.45) is -4.02. The maximum Gasteiger partial charge on any atom is 0.573 e. The minimum atomic E-state index is -4.70. The molecule has 1 aromatic rings. The molecule has 1 saturated heterocycles. The van der Waals surface area contributed by atoms with E-state index < -0.39 is 18.0 Å². The normalized spacial score (nSPS) is 34.6. The molecule has 9 heteroatoms. The Morgan fingerprint density at radius 3 is 2.30 bits per heavy atom. The number of halogens is 3. The Morgan fingerprint density at radius 2 is 1.80 bits per heavy atom. The van der Waals surface area contributed by atoms with Crippen LogP contribution < -0.4 is 10.1 Å². The first-order chi connectivity index (χ1) is 13.9. The lowest BCUT2D eigenvalue weighted by molar-refractivity contribution is -0.274. The zero-order valence-electron chi connectivity index (χ0n) is 17.1. The molecule has 0 spiro atoms. The number of amides is 2. The predicted octanol–water partition coefficient (Wildman–Crippen LogP) is 3.67. The average molecular weight is 426 g/mol. The van der Waals surface area contributed by atoms with Gasteiger partial charge >= 0.3 is 12.5 Å². The van der Waals surface area contributed by atoms with Crippen molar-refractivity contribution < 1.29 is 32.2 Å². The number of piperidine rings is 1. The summed E-state index contributed by atoms with van der Waals surface area (Å²) in [4.78, 5) is 26.2. The van der Waals surface area contributed by atoms with Gasteiger partial charge in [0.15, 0.2) is 0 Å². The predicted molar refractivity (Wildman–Crippen MR) is 101 cm³/mol. The summed E-state index contributed by atoms with van der Waals surface area (Å²) < 4.78 is 45.5. The van der Waals surface area contributed by atoms with Crippen LogP contribution in [-0.4, -0.2) is 49.0 Å². The molecule has 0 unspecified atom stereocenters. The molecule has 30 heavy (non-hydrogen) atoms. The van der Waals surface area contributed by atoms with E-state index in [1.54, 1.807) is 12.1 Å². The fraction of sp³-hybridized carbons (Fsp3) is 0.619. The zero-order chi connectivity index (χ0) is 21.9. The van der Waals surface area contributed by atoms with E-state index in [2.05, 4.69) is 21.7 Å². The summed E-state index contributed by atoms with van der Waals surface area (Å²) in [6.45, 7) is 5.32. The van der Waals surface area contributed by atoms with E-state index in [-0.39, 0.29) is 28.9 Å².